The van der Waals surface area contributed by atoms with Crippen molar-refractivity contribution in [2.75, 3.05) is 0 Å². The summed E-state index contributed by atoms with van der Waals surface area (Å²) in [4.78, 5) is 4.68. The minimum atomic E-state index is 0.539. The van der Waals surface area contributed by atoms with Crippen LogP contribution in [-0.4, -0.2) is 4.98 Å². The van der Waals surface area contributed by atoms with Gasteiger partial charge < -0.3 is 0 Å². The Hall–Kier alpha value is -0.630. The third-order valence-corrected chi connectivity index (χ3v) is 3.38. The maximum Gasteiger partial charge on any atom is 0.0963 e. The molecule has 1 heterocycles. The number of aromatic nitrogens is 1. The molecule has 0 atom stereocenters. The van der Waals surface area contributed by atoms with Crippen LogP contribution in [0.1, 0.15) is 52.0 Å². The van der Waals surface area contributed by atoms with Crippen molar-refractivity contribution in [3.05, 3.63) is 14.9 Å². The lowest BCUT2D eigenvalue weighted by molar-refractivity contribution is 0.847. The Morgan fingerprint density at radius 2 is 2.07 bits per heavy atom. The highest BCUT2D eigenvalue weighted by Gasteiger charge is 2.04. The molecule has 0 spiro atoms. The van der Waals surface area contributed by atoms with Crippen LogP contribution in [-0.2, 0) is 0 Å². The molecule has 0 aliphatic rings. The van der Waals surface area contributed by atoms with Crippen LogP contribution in [0.2, 0.25) is 0 Å². The van der Waals surface area contributed by atoms with Gasteiger partial charge in [-0.3, -0.25) is 0 Å². The van der Waals surface area contributed by atoms with Gasteiger partial charge in [0.2, 0.25) is 0 Å². The second-order valence-electron chi connectivity index (χ2n) is 4.03. The first-order valence-corrected chi connectivity index (χ1v) is 6.02. The van der Waals surface area contributed by atoms with Crippen LogP contribution >= 0.6 is 11.3 Å². The third-order valence-electron chi connectivity index (χ3n) is 2.03. The Balaban J connectivity index is 3.43. The van der Waals surface area contributed by atoms with Gasteiger partial charge in [0.05, 0.1) is 14.9 Å². The lowest BCUT2D eigenvalue weighted by Crippen LogP contribution is -2.22. The van der Waals surface area contributed by atoms with Crippen molar-refractivity contribution in [2.24, 2.45) is 0 Å². The van der Waals surface area contributed by atoms with Crippen LogP contribution in [0.15, 0.2) is 0 Å². The molecule has 2 heteroatoms. The second kappa shape index (κ2) is 4.74. The van der Waals surface area contributed by atoms with Crippen LogP contribution in [0.3, 0.4) is 0 Å². The Labute approximate surface area is 90.2 Å². The van der Waals surface area contributed by atoms with E-state index in [1.807, 2.05) is 11.3 Å². The summed E-state index contributed by atoms with van der Waals surface area (Å²) in [5.41, 5.74) is 1.31. The van der Waals surface area contributed by atoms with E-state index in [9.17, 15) is 0 Å². The van der Waals surface area contributed by atoms with E-state index in [1.54, 1.807) is 0 Å². The van der Waals surface area contributed by atoms with Crippen LogP contribution in [0.5, 0.6) is 0 Å². The summed E-state index contributed by atoms with van der Waals surface area (Å²) in [6.45, 7) is 10.8. The second-order valence-corrected chi connectivity index (χ2v) is 5.09. The molecule has 0 aliphatic carbocycles. The van der Waals surface area contributed by atoms with Gasteiger partial charge in [-0.05, 0) is 25.8 Å². The van der Waals surface area contributed by atoms with Crippen molar-refractivity contribution in [3.63, 3.8) is 0 Å². The van der Waals surface area contributed by atoms with Crippen LogP contribution in [0.4, 0.5) is 0 Å². The van der Waals surface area contributed by atoms with E-state index >= 15 is 0 Å². The maximum absolute atomic E-state index is 4.68. The highest BCUT2D eigenvalue weighted by Crippen LogP contribution is 2.11. The molecule has 1 aromatic rings. The molecular formula is C12H19NS. The Morgan fingerprint density at radius 1 is 1.43 bits per heavy atom. The summed E-state index contributed by atoms with van der Waals surface area (Å²) in [6.07, 6.45) is 3.35. The van der Waals surface area contributed by atoms with Gasteiger partial charge in [-0.2, -0.15) is 0 Å². The van der Waals surface area contributed by atoms with Gasteiger partial charge in [0, 0.05) is 5.92 Å². The summed E-state index contributed by atoms with van der Waals surface area (Å²) in [5.74, 6) is 0.539. The standard InChI is InChI=1S/C12H19NS/c1-6-7-10-11(8(2)3)13-12(14-10)9(4)5/h7,9H,6H2,1-5H3. The van der Waals surface area contributed by atoms with E-state index in [2.05, 4.69) is 45.7 Å². The molecule has 0 radical (unpaired) electrons. The molecule has 0 saturated carbocycles. The smallest absolute Gasteiger partial charge is 0.0963 e. The van der Waals surface area contributed by atoms with Crippen molar-refractivity contribution >= 4 is 23.0 Å². The molecule has 0 bridgehead atoms. The van der Waals surface area contributed by atoms with Gasteiger partial charge in [0.25, 0.3) is 0 Å². The lowest BCUT2D eigenvalue weighted by Gasteiger charge is -1.94. The summed E-state index contributed by atoms with van der Waals surface area (Å²) in [6, 6.07) is 0. The van der Waals surface area contributed by atoms with Crippen LogP contribution < -0.4 is 9.88 Å². The molecule has 0 fully saturated rings. The van der Waals surface area contributed by atoms with Crippen molar-refractivity contribution in [1.82, 2.24) is 4.98 Å². The van der Waals surface area contributed by atoms with Crippen molar-refractivity contribution in [2.45, 2.75) is 47.0 Å². The van der Waals surface area contributed by atoms with Crippen molar-refractivity contribution in [1.29, 1.82) is 0 Å². The maximum atomic E-state index is 4.68. The van der Waals surface area contributed by atoms with E-state index in [-0.39, 0.29) is 0 Å². The highest BCUT2D eigenvalue weighted by molar-refractivity contribution is 7.09. The number of thiazole rings is 1. The molecule has 1 rings (SSSR count). The number of rotatable bonds is 2. The van der Waals surface area contributed by atoms with E-state index in [0.717, 1.165) is 6.42 Å². The normalized spacial score (nSPS) is 12.6. The first-order chi connectivity index (χ1) is 6.56. The molecule has 0 amide bonds. The molecule has 1 aromatic heterocycles. The number of hydrogen-bond acceptors (Lipinski definition) is 2. The Morgan fingerprint density at radius 3 is 2.50 bits per heavy atom. The zero-order valence-corrected chi connectivity index (χ0v) is 10.5. The summed E-state index contributed by atoms with van der Waals surface area (Å²) in [5, 5.41) is 2.45. The number of nitrogens with zero attached hydrogens (tertiary/aromatic N) is 1. The monoisotopic (exact) mass is 209 g/mol. The fraction of sp³-hybridized carbons (Fsp3) is 0.583. The Bertz CT molecular complexity index is 408. The van der Waals surface area contributed by atoms with E-state index in [4.69, 9.17) is 0 Å². The summed E-state index contributed by atoms with van der Waals surface area (Å²) >= 11 is 1.83. The van der Waals surface area contributed by atoms with Crippen molar-refractivity contribution in [3.8, 4) is 0 Å². The molecule has 0 aliphatic heterocycles. The first kappa shape index (κ1) is 11.4. The average molecular weight is 209 g/mol. The quantitative estimate of drug-likeness (QED) is 0.729. The molecule has 0 unspecified atom stereocenters. The predicted octanol–water partition coefficient (Wildman–Crippen LogP) is 2.65. The molecule has 14 heavy (non-hydrogen) atoms. The topological polar surface area (TPSA) is 12.9 Å². The van der Waals surface area contributed by atoms with E-state index in [0.29, 0.717) is 5.92 Å². The molecule has 0 saturated heterocycles. The van der Waals surface area contributed by atoms with Crippen molar-refractivity contribution < 1.29 is 0 Å². The molecule has 1 nitrogen and oxygen atoms in total. The highest BCUT2D eigenvalue weighted by atomic mass is 32.1. The zero-order valence-electron chi connectivity index (χ0n) is 9.72. The van der Waals surface area contributed by atoms with Gasteiger partial charge in [0.15, 0.2) is 0 Å². The molecule has 0 N–H and O–H groups in total. The minimum absolute atomic E-state index is 0.539. The van der Waals surface area contributed by atoms with Gasteiger partial charge in [0.1, 0.15) is 0 Å². The molecular weight excluding hydrogens is 190 g/mol. The average Bonchev–Trinajstić information content (AvgIpc) is 2.49. The van der Waals surface area contributed by atoms with Gasteiger partial charge >= 0.3 is 0 Å². The SMILES string of the molecule is CCC=c1sc(C(C)C)nc1=C(C)C. The Kier molecular flexibility index (Phi) is 3.87. The van der Waals surface area contributed by atoms with Gasteiger partial charge in [-0.1, -0.05) is 26.8 Å². The largest absolute Gasteiger partial charge is 0.241 e. The lowest BCUT2D eigenvalue weighted by atomic mass is 10.2. The fourth-order valence-electron chi connectivity index (χ4n) is 1.28. The third kappa shape index (κ3) is 2.44. The van der Waals surface area contributed by atoms with Gasteiger partial charge in [-0.15, -0.1) is 11.3 Å². The molecule has 0 aromatic carbocycles. The number of hydrogen-bond donors (Lipinski definition) is 0. The van der Waals surface area contributed by atoms with E-state index in [1.165, 1.54) is 20.5 Å². The molecule has 78 valence electrons. The summed E-state index contributed by atoms with van der Waals surface area (Å²) < 4.78 is 1.34. The van der Waals surface area contributed by atoms with E-state index < -0.39 is 0 Å². The zero-order chi connectivity index (χ0) is 10.7. The van der Waals surface area contributed by atoms with Crippen LogP contribution in [0.25, 0.3) is 11.6 Å². The predicted molar refractivity (Wildman–Crippen MR) is 65.0 cm³/mol. The van der Waals surface area contributed by atoms with Gasteiger partial charge in [-0.25, -0.2) is 4.98 Å². The summed E-state index contributed by atoms with van der Waals surface area (Å²) in [7, 11) is 0. The van der Waals surface area contributed by atoms with Crippen LogP contribution in [0, 0.1) is 0 Å². The minimum Gasteiger partial charge on any atom is -0.241 e. The first-order valence-electron chi connectivity index (χ1n) is 5.20. The fourth-order valence-corrected chi connectivity index (χ4v) is 2.47.